The number of anilines is 1. The number of carbonyl (C=O) groups excluding carboxylic acids is 1. The molecule has 1 aromatic carbocycles. The summed E-state index contributed by atoms with van der Waals surface area (Å²) in [6.45, 7) is 8.83. The molecule has 0 aliphatic carbocycles. The van der Waals surface area contributed by atoms with Crippen LogP contribution in [-0.2, 0) is 4.79 Å². The van der Waals surface area contributed by atoms with Crippen LogP contribution in [0.4, 0.5) is 5.69 Å². The van der Waals surface area contributed by atoms with Crippen LogP contribution in [-0.4, -0.2) is 31.5 Å². The molecule has 1 aliphatic heterocycles. The molecule has 0 bridgehead atoms. The Balaban J connectivity index is 2.02. The third kappa shape index (κ3) is 5.27. The zero-order chi connectivity index (χ0) is 16.7. The number of hydrogen-bond acceptors (Lipinski definition) is 2. The molecule has 1 aromatic rings. The number of para-hydroxylation sites is 1. The Hall–Kier alpha value is -2.04. The average molecular weight is 316 g/mol. The molecular formula is C18H28N4O. The number of aliphatic imine (C=N–C) groups is 1. The van der Waals surface area contributed by atoms with Gasteiger partial charge in [-0.3, -0.25) is 9.79 Å². The van der Waals surface area contributed by atoms with Crippen LogP contribution in [0.25, 0.3) is 0 Å². The van der Waals surface area contributed by atoms with Gasteiger partial charge in [0.05, 0.1) is 6.54 Å². The van der Waals surface area contributed by atoms with Crippen molar-refractivity contribution in [1.82, 2.24) is 10.6 Å². The number of amides is 1. The molecule has 126 valence electrons. The van der Waals surface area contributed by atoms with Gasteiger partial charge < -0.3 is 16.0 Å². The van der Waals surface area contributed by atoms with Crippen LogP contribution in [0.15, 0.2) is 29.3 Å². The van der Waals surface area contributed by atoms with Crippen molar-refractivity contribution in [2.75, 3.05) is 25.0 Å². The molecule has 1 aliphatic rings. The predicted molar refractivity (Wildman–Crippen MR) is 95.9 cm³/mol. The maximum Gasteiger partial charge on any atom is 0.225 e. The van der Waals surface area contributed by atoms with E-state index in [9.17, 15) is 4.79 Å². The standard InChI is InChI=1S/C18H28N4O/c1-4-19-18(20-10-9-13(2)3)21-12-14-11-17(23)22-16-8-6-5-7-15(14)16/h5-8,13-14H,4,9-12H2,1-3H3,(H,22,23)(H2,19,20,21). The van der Waals surface area contributed by atoms with Gasteiger partial charge in [-0.2, -0.15) is 0 Å². The fourth-order valence-corrected chi connectivity index (χ4v) is 2.69. The highest BCUT2D eigenvalue weighted by Gasteiger charge is 2.24. The first kappa shape index (κ1) is 17.3. The van der Waals surface area contributed by atoms with E-state index < -0.39 is 0 Å². The molecule has 3 N–H and O–H groups in total. The summed E-state index contributed by atoms with van der Waals surface area (Å²) in [6, 6.07) is 7.99. The van der Waals surface area contributed by atoms with Gasteiger partial charge in [0.25, 0.3) is 0 Å². The van der Waals surface area contributed by atoms with Crippen LogP contribution in [0, 0.1) is 5.92 Å². The zero-order valence-electron chi connectivity index (χ0n) is 14.4. The molecule has 23 heavy (non-hydrogen) atoms. The molecule has 1 amide bonds. The number of guanidine groups is 1. The largest absolute Gasteiger partial charge is 0.357 e. The van der Waals surface area contributed by atoms with Gasteiger partial charge in [0.15, 0.2) is 5.96 Å². The van der Waals surface area contributed by atoms with E-state index in [1.165, 1.54) is 5.56 Å². The molecule has 0 radical (unpaired) electrons. The highest BCUT2D eigenvalue weighted by Crippen LogP contribution is 2.31. The Kier molecular flexibility index (Phi) is 6.44. The van der Waals surface area contributed by atoms with Gasteiger partial charge >= 0.3 is 0 Å². The highest BCUT2D eigenvalue weighted by molar-refractivity contribution is 5.94. The fraction of sp³-hybridized carbons (Fsp3) is 0.556. The second-order valence-electron chi connectivity index (χ2n) is 6.37. The molecule has 1 heterocycles. The number of benzene rings is 1. The first-order valence-corrected chi connectivity index (χ1v) is 8.51. The molecule has 0 fully saturated rings. The number of carbonyl (C=O) groups is 1. The molecule has 0 spiro atoms. The highest BCUT2D eigenvalue weighted by atomic mass is 16.1. The Morgan fingerprint density at radius 1 is 1.35 bits per heavy atom. The summed E-state index contributed by atoms with van der Waals surface area (Å²) in [6.07, 6.45) is 1.60. The van der Waals surface area contributed by atoms with Crippen LogP contribution >= 0.6 is 0 Å². The molecule has 0 saturated heterocycles. The molecule has 1 unspecified atom stereocenters. The van der Waals surface area contributed by atoms with Crippen LogP contribution < -0.4 is 16.0 Å². The summed E-state index contributed by atoms with van der Waals surface area (Å²) in [4.78, 5) is 16.5. The lowest BCUT2D eigenvalue weighted by Gasteiger charge is -2.24. The SMILES string of the molecule is CCNC(=NCC1CC(=O)Nc2ccccc21)NCCC(C)C. The summed E-state index contributed by atoms with van der Waals surface area (Å²) in [5.74, 6) is 1.71. The van der Waals surface area contributed by atoms with E-state index in [0.29, 0.717) is 18.9 Å². The van der Waals surface area contributed by atoms with Gasteiger partial charge in [-0.15, -0.1) is 0 Å². The maximum atomic E-state index is 11.9. The van der Waals surface area contributed by atoms with Gasteiger partial charge in [-0.05, 0) is 30.9 Å². The Morgan fingerprint density at radius 2 is 2.13 bits per heavy atom. The number of rotatable bonds is 6. The summed E-state index contributed by atoms with van der Waals surface area (Å²) in [7, 11) is 0. The summed E-state index contributed by atoms with van der Waals surface area (Å²) >= 11 is 0. The zero-order valence-corrected chi connectivity index (χ0v) is 14.4. The minimum atomic E-state index is 0.0710. The molecule has 1 atom stereocenters. The third-order valence-electron chi connectivity index (χ3n) is 3.93. The minimum absolute atomic E-state index is 0.0710. The Morgan fingerprint density at radius 3 is 2.87 bits per heavy atom. The van der Waals surface area contributed by atoms with E-state index in [1.807, 2.05) is 18.2 Å². The van der Waals surface area contributed by atoms with Gasteiger partial charge in [-0.1, -0.05) is 32.0 Å². The third-order valence-corrected chi connectivity index (χ3v) is 3.93. The van der Waals surface area contributed by atoms with Crippen molar-refractivity contribution in [3.05, 3.63) is 29.8 Å². The van der Waals surface area contributed by atoms with Gasteiger partial charge in [-0.25, -0.2) is 0 Å². The number of fused-ring (bicyclic) bond motifs is 1. The number of nitrogens with zero attached hydrogens (tertiary/aromatic N) is 1. The van der Waals surface area contributed by atoms with Gasteiger partial charge in [0.2, 0.25) is 5.91 Å². The van der Waals surface area contributed by atoms with Gasteiger partial charge in [0.1, 0.15) is 0 Å². The van der Waals surface area contributed by atoms with E-state index in [-0.39, 0.29) is 11.8 Å². The summed E-state index contributed by atoms with van der Waals surface area (Å²) < 4.78 is 0. The van der Waals surface area contributed by atoms with Crippen LogP contribution in [0.1, 0.15) is 45.1 Å². The quantitative estimate of drug-likeness (QED) is 0.558. The number of nitrogens with one attached hydrogen (secondary N) is 3. The van der Waals surface area contributed by atoms with Crippen LogP contribution in [0.3, 0.4) is 0 Å². The van der Waals surface area contributed by atoms with E-state index in [4.69, 9.17) is 0 Å². The normalized spacial score (nSPS) is 17.7. The van der Waals surface area contributed by atoms with Crippen LogP contribution in [0.5, 0.6) is 0 Å². The second kappa shape index (κ2) is 8.56. The summed E-state index contributed by atoms with van der Waals surface area (Å²) in [5.41, 5.74) is 2.09. The number of hydrogen-bond donors (Lipinski definition) is 3. The van der Waals surface area contributed by atoms with E-state index >= 15 is 0 Å². The lowest BCUT2D eigenvalue weighted by molar-refractivity contribution is -0.116. The van der Waals surface area contributed by atoms with Crippen molar-refractivity contribution in [1.29, 1.82) is 0 Å². The molecule has 2 rings (SSSR count). The first-order chi connectivity index (χ1) is 11.1. The topological polar surface area (TPSA) is 65.5 Å². The maximum absolute atomic E-state index is 11.9. The van der Waals surface area contributed by atoms with E-state index in [1.54, 1.807) is 0 Å². The molecule has 0 saturated carbocycles. The van der Waals surface area contributed by atoms with Crippen molar-refractivity contribution < 1.29 is 4.79 Å². The average Bonchev–Trinajstić information content (AvgIpc) is 2.51. The lowest BCUT2D eigenvalue weighted by atomic mass is 9.91. The second-order valence-corrected chi connectivity index (χ2v) is 6.37. The van der Waals surface area contributed by atoms with E-state index in [2.05, 4.69) is 47.8 Å². The van der Waals surface area contributed by atoms with Gasteiger partial charge in [0, 0.05) is 31.1 Å². The monoisotopic (exact) mass is 316 g/mol. The summed E-state index contributed by atoms with van der Waals surface area (Å²) in [5, 5.41) is 9.57. The van der Waals surface area contributed by atoms with Crippen molar-refractivity contribution in [3.8, 4) is 0 Å². The Bertz CT molecular complexity index is 554. The molecular weight excluding hydrogens is 288 g/mol. The molecule has 5 nitrogen and oxygen atoms in total. The predicted octanol–water partition coefficient (Wildman–Crippen LogP) is 2.71. The first-order valence-electron chi connectivity index (χ1n) is 8.51. The van der Waals surface area contributed by atoms with Crippen molar-refractivity contribution in [2.24, 2.45) is 10.9 Å². The lowest BCUT2D eigenvalue weighted by Crippen LogP contribution is -2.38. The van der Waals surface area contributed by atoms with Crippen molar-refractivity contribution >= 4 is 17.6 Å². The van der Waals surface area contributed by atoms with Crippen LogP contribution in [0.2, 0.25) is 0 Å². The molecule has 5 heteroatoms. The minimum Gasteiger partial charge on any atom is -0.357 e. The Labute approximate surface area is 139 Å². The van der Waals surface area contributed by atoms with Crippen molar-refractivity contribution in [2.45, 2.75) is 39.5 Å². The smallest absolute Gasteiger partial charge is 0.225 e. The molecule has 0 aromatic heterocycles. The fourth-order valence-electron chi connectivity index (χ4n) is 2.69. The van der Waals surface area contributed by atoms with Crippen molar-refractivity contribution in [3.63, 3.8) is 0 Å². The van der Waals surface area contributed by atoms with E-state index in [0.717, 1.165) is 31.2 Å².